The van der Waals surface area contributed by atoms with Crippen molar-refractivity contribution in [1.82, 2.24) is 4.90 Å². The third-order valence-corrected chi connectivity index (χ3v) is 4.08. The zero-order chi connectivity index (χ0) is 11.2. The van der Waals surface area contributed by atoms with Crippen LogP contribution in [0.4, 0.5) is 0 Å². The highest BCUT2D eigenvalue weighted by atomic mass is 32.2. The maximum absolute atomic E-state index is 5.89. The molecule has 0 saturated carbocycles. The van der Waals surface area contributed by atoms with E-state index in [9.17, 15) is 0 Å². The molecule has 88 valence electrons. The van der Waals surface area contributed by atoms with Crippen molar-refractivity contribution in [3.8, 4) is 0 Å². The Morgan fingerprint density at radius 2 is 1.88 bits per heavy atom. The number of rotatable bonds is 4. The maximum atomic E-state index is 5.89. The minimum atomic E-state index is 0.490. The third kappa shape index (κ3) is 3.24. The SMILES string of the molecule is NCC(CN1CCSCC1)c1ccccc1. The molecule has 1 aliphatic heterocycles. The van der Waals surface area contributed by atoms with Gasteiger partial charge in [0.05, 0.1) is 0 Å². The molecule has 1 fully saturated rings. The molecule has 1 unspecified atom stereocenters. The number of hydrogen-bond donors (Lipinski definition) is 1. The lowest BCUT2D eigenvalue weighted by Gasteiger charge is -2.29. The minimum absolute atomic E-state index is 0.490. The van der Waals surface area contributed by atoms with Crippen molar-refractivity contribution in [2.75, 3.05) is 37.7 Å². The molecule has 1 heterocycles. The summed E-state index contributed by atoms with van der Waals surface area (Å²) in [4.78, 5) is 2.54. The van der Waals surface area contributed by atoms with Gasteiger partial charge in [-0.15, -0.1) is 0 Å². The highest BCUT2D eigenvalue weighted by molar-refractivity contribution is 7.99. The van der Waals surface area contributed by atoms with Crippen LogP contribution in [0.15, 0.2) is 30.3 Å². The van der Waals surface area contributed by atoms with Gasteiger partial charge in [-0.3, -0.25) is 0 Å². The second-order valence-electron chi connectivity index (χ2n) is 4.26. The van der Waals surface area contributed by atoms with Gasteiger partial charge < -0.3 is 10.6 Å². The van der Waals surface area contributed by atoms with Crippen LogP contribution in [-0.2, 0) is 0 Å². The Hall–Kier alpha value is -0.510. The highest BCUT2D eigenvalue weighted by Crippen LogP contribution is 2.18. The number of hydrogen-bond acceptors (Lipinski definition) is 3. The summed E-state index contributed by atoms with van der Waals surface area (Å²) in [5.74, 6) is 3.03. The molecule has 1 atom stereocenters. The van der Waals surface area contributed by atoms with E-state index in [2.05, 4.69) is 47.0 Å². The van der Waals surface area contributed by atoms with Crippen molar-refractivity contribution >= 4 is 11.8 Å². The van der Waals surface area contributed by atoms with Gasteiger partial charge in [-0.25, -0.2) is 0 Å². The molecule has 1 saturated heterocycles. The Kier molecular flexibility index (Phi) is 4.69. The number of thioether (sulfide) groups is 1. The molecule has 1 aromatic rings. The molecule has 0 amide bonds. The molecule has 0 aromatic heterocycles. The smallest absolute Gasteiger partial charge is 0.00888 e. The summed E-state index contributed by atoms with van der Waals surface area (Å²) in [6, 6.07) is 10.6. The molecule has 1 aromatic carbocycles. The average Bonchev–Trinajstić information content (AvgIpc) is 2.38. The van der Waals surface area contributed by atoms with Crippen molar-refractivity contribution in [3.05, 3.63) is 35.9 Å². The minimum Gasteiger partial charge on any atom is -0.330 e. The summed E-state index contributed by atoms with van der Waals surface area (Å²) in [7, 11) is 0. The van der Waals surface area contributed by atoms with Gasteiger partial charge in [0.2, 0.25) is 0 Å². The summed E-state index contributed by atoms with van der Waals surface area (Å²) >= 11 is 2.06. The van der Waals surface area contributed by atoms with Crippen LogP contribution in [0.2, 0.25) is 0 Å². The van der Waals surface area contributed by atoms with E-state index in [1.54, 1.807) is 0 Å². The monoisotopic (exact) mass is 236 g/mol. The van der Waals surface area contributed by atoms with E-state index in [0.29, 0.717) is 5.92 Å². The predicted molar refractivity (Wildman–Crippen MR) is 72.0 cm³/mol. The molecule has 2 N–H and O–H groups in total. The van der Waals surface area contributed by atoms with Crippen LogP contribution in [-0.4, -0.2) is 42.6 Å². The van der Waals surface area contributed by atoms with Gasteiger partial charge in [-0.2, -0.15) is 11.8 Å². The van der Waals surface area contributed by atoms with Crippen LogP contribution in [0.1, 0.15) is 11.5 Å². The van der Waals surface area contributed by atoms with Crippen LogP contribution >= 0.6 is 11.8 Å². The van der Waals surface area contributed by atoms with Crippen molar-refractivity contribution < 1.29 is 0 Å². The Balaban J connectivity index is 1.94. The largest absolute Gasteiger partial charge is 0.330 e. The van der Waals surface area contributed by atoms with Crippen LogP contribution in [0, 0.1) is 0 Å². The second kappa shape index (κ2) is 6.28. The zero-order valence-corrected chi connectivity index (χ0v) is 10.5. The number of nitrogens with two attached hydrogens (primary N) is 1. The Bertz CT molecular complexity index is 296. The fraction of sp³-hybridized carbons (Fsp3) is 0.538. The number of nitrogens with zero attached hydrogens (tertiary/aromatic N) is 1. The van der Waals surface area contributed by atoms with Crippen molar-refractivity contribution in [2.45, 2.75) is 5.92 Å². The first-order valence-electron chi connectivity index (χ1n) is 5.95. The predicted octanol–water partition coefficient (Wildman–Crippen LogP) is 1.78. The molecule has 0 spiro atoms. The molecule has 2 rings (SSSR count). The van der Waals surface area contributed by atoms with E-state index in [1.807, 2.05) is 0 Å². The second-order valence-corrected chi connectivity index (χ2v) is 5.48. The normalized spacial score (nSPS) is 19.6. The lowest BCUT2D eigenvalue weighted by Crippen LogP contribution is -2.37. The lowest BCUT2D eigenvalue weighted by atomic mass is 9.99. The quantitative estimate of drug-likeness (QED) is 0.864. The highest BCUT2D eigenvalue weighted by Gasteiger charge is 2.16. The molecular weight excluding hydrogens is 216 g/mol. The van der Waals surface area contributed by atoms with E-state index in [1.165, 1.54) is 30.2 Å². The van der Waals surface area contributed by atoms with E-state index < -0.39 is 0 Å². The van der Waals surface area contributed by atoms with Crippen LogP contribution in [0.25, 0.3) is 0 Å². The van der Waals surface area contributed by atoms with Gasteiger partial charge in [0.1, 0.15) is 0 Å². The van der Waals surface area contributed by atoms with Gasteiger partial charge in [0, 0.05) is 43.6 Å². The van der Waals surface area contributed by atoms with Crippen LogP contribution in [0.3, 0.4) is 0 Å². The third-order valence-electron chi connectivity index (χ3n) is 3.14. The van der Waals surface area contributed by atoms with Crippen molar-refractivity contribution in [2.24, 2.45) is 5.73 Å². The Morgan fingerprint density at radius 3 is 2.50 bits per heavy atom. The summed E-state index contributed by atoms with van der Waals surface area (Å²) < 4.78 is 0. The molecular formula is C13H20N2S. The molecule has 0 radical (unpaired) electrons. The average molecular weight is 236 g/mol. The maximum Gasteiger partial charge on any atom is 0.00888 e. The van der Waals surface area contributed by atoms with Gasteiger partial charge in [-0.05, 0) is 5.56 Å². The van der Waals surface area contributed by atoms with Gasteiger partial charge >= 0.3 is 0 Å². The van der Waals surface area contributed by atoms with E-state index in [0.717, 1.165) is 13.1 Å². The molecule has 3 heteroatoms. The fourth-order valence-corrected chi connectivity index (χ4v) is 3.12. The molecule has 0 aliphatic carbocycles. The molecule has 0 bridgehead atoms. The van der Waals surface area contributed by atoms with Gasteiger partial charge in [-0.1, -0.05) is 30.3 Å². The Labute approximate surface area is 102 Å². The first-order valence-corrected chi connectivity index (χ1v) is 7.10. The van der Waals surface area contributed by atoms with Crippen LogP contribution < -0.4 is 5.73 Å². The standard InChI is InChI=1S/C13H20N2S/c14-10-13(12-4-2-1-3-5-12)11-15-6-8-16-9-7-15/h1-5,13H,6-11,14H2. The Morgan fingerprint density at radius 1 is 1.19 bits per heavy atom. The lowest BCUT2D eigenvalue weighted by molar-refractivity contribution is 0.283. The van der Waals surface area contributed by atoms with Crippen LogP contribution in [0.5, 0.6) is 0 Å². The molecule has 1 aliphatic rings. The topological polar surface area (TPSA) is 29.3 Å². The summed E-state index contributed by atoms with van der Waals surface area (Å²) in [6.07, 6.45) is 0. The summed E-state index contributed by atoms with van der Waals surface area (Å²) in [6.45, 7) is 4.29. The van der Waals surface area contributed by atoms with Gasteiger partial charge in [0.15, 0.2) is 0 Å². The van der Waals surface area contributed by atoms with Crippen molar-refractivity contribution in [1.29, 1.82) is 0 Å². The van der Waals surface area contributed by atoms with Crippen molar-refractivity contribution in [3.63, 3.8) is 0 Å². The molecule has 2 nitrogen and oxygen atoms in total. The van der Waals surface area contributed by atoms with E-state index in [-0.39, 0.29) is 0 Å². The van der Waals surface area contributed by atoms with E-state index in [4.69, 9.17) is 5.73 Å². The molecule has 16 heavy (non-hydrogen) atoms. The zero-order valence-electron chi connectivity index (χ0n) is 9.64. The first kappa shape index (κ1) is 12.0. The summed E-state index contributed by atoms with van der Waals surface area (Å²) in [5, 5.41) is 0. The number of benzene rings is 1. The fourth-order valence-electron chi connectivity index (χ4n) is 2.14. The summed E-state index contributed by atoms with van der Waals surface area (Å²) in [5.41, 5.74) is 7.27. The first-order chi connectivity index (χ1) is 7.90. The van der Waals surface area contributed by atoms with E-state index >= 15 is 0 Å². The van der Waals surface area contributed by atoms with Gasteiger partial charge in [0.25, 0.3) is 0 Å².